The zero-order valence-corrected chi connectivity index (χ0v) is 13.8. The molecule has 1 amide bonds. The number of anilines is 1. The lowest BCUT2D eigenvalue weighted by atomic mass is 10.1. The van der Waals surface area contributed by atoms with Crippen molar-refractivity contribution < 1.29 is 9.90 Å². The Kier molecular flexibility index (Phi) is 5.30. The summed E-state index contributed by atoms with van der Waals surface area (Å²) in [4.78, 5) is 17.6. The highest BCUT2D eigenvalue weighted by atomic mass is 32.2. The van der Waals surface area contributed by atoms with Crippen LogP contribution in [0, 0.1) is 0 Å². The highest BCUT2D eigenvalue weighted by Gasteiger charge is 2.25. The lowest BCUT2D eigenvalue weighted by Gasteiger charge is -2.32. The van der Waals surface area contributed by atoms with E-state index in [1.165, 1.54) is 4.90 Å². The Balaban J connectivity index is 2.07. The van der Waals surface area contributed by atoms with E-state index in [9.17, 15) is 9.90 Å². The van der Waals surface area contributed by atoms with Crippen LogP contribution in [0.3, 0.4) is 0 Å². The van der Waals surface area contributed by atoms with Gasteiger partial charge in [0.1, 0.15) is 0 Å². The van der Waals surface area contributed by atoms with Gasteiger partial charge in [0.25, 0.3) is 0 Å². The van der Waals surface area contributed by atoms with Crippen LogP contribution in [0.2, 0.25) is 0 Å². The molecule has 1 heterocycles. The smallest absolute Gasteiger partial charge is 0.241 e. The number of para-hydroxylation sites is 1. The Labute approximate surface area is 131 Å². The lowest BCUT2D eigenvalue weighted by molar-refractivity contribution is -0.120. The van der Waals surface area contributed by atoms with Gasteiger partial charge < -0.3 is 10.0 Å². The highest BCUT2D eigenvalue weighted by Crippen LogP contribution is 2.34. The maximum atomic E-state index is 12.6. The molecule has 1 aliphatic heterocycles. The molecule has 1 aromatic rings. The molecule has 1 N–H and O–H groups in total. The van der Waals surface area contributed by atoms with E-state index < -0.39 is 5.60 Å². The molecule has 0 saturated heterocycles. The van der Waals surface area contributed by atoms with Crippen molar-refractivity contribution in [3.05, 3.63) is 24.3 Å². The molecule has 0 bridgehead atoms. The third kappa shape index (κ3) is 4.46. The van der Waals surface area contributed by atoms with Crippen molar-refractivity contribution in [1.82, 2.24) is 4.90 Å². The maximum Gasteiger partial charge on any atom is 0.241 e. The highest BCUT2D eigenvalue weighted by molar-refractivity contribution is 7.99. The molecule has 0 radical (unpaired) electrons. The minimum Gasteiger partial charge on any atom is -0.389 e. The molecular formula is C16H24N2O2S. The summed E-state index contributed by atoms with van der Waals surface area (Å²) in [5.41, 5.74) is 0.226. The predicted molar refractivity (Wildman–Crippen MR) is 87.9 cm³/mol. The Morgan fingerprint density at radius 3 is 2.81 bits per heavy atom. The monoisotopic (exact) mass is 308 g/mol. The third-order valence-corrected chi connectivity index (χ3v) is 4.49. The summed E-state index contributed by atoms with van der Waals surface area (Å²) >= 11 is 1.80. The van der Waals surface area contributed by atoms with E-state index in [1.54, 1.807) is 25.6 Å². The van der Waals surface area contributed by atoms with Gasteiger partial charge in [0.05, 0.1) is 17.8 Å². The van der Waals surface area contributed by atoms with E-state index in [-0.39, 0.29) is 5.91 Å². The molecule has 0 spiro atoms. The first kappa shape index (κ1) is 16.3. The molecular weight excluding hydrogens is 284 g/mol. The Morgan fingerprint density at radius 2 is 2.14 bits per heavy atom. The van der Waals surface area contributed by atoms with Gasteiger partial charge in [-0.1, -0.05) is 19.1 Å². The van der Waals surface area contributed by atoms with Crippen LogP contribution in [0.4, 0.5) is 5.69 Å². The molecule has 0 unspecified atom stereocenters. The zero-order valence-electron chi connectivity index (χ0n) is 13.0. The molecule has 116 valence electrons. The first-order valence-corrected chi connectivity index (χ1v) is 8.36. The number of hydrogen-bond donors (Lipinski definition) is 1. The number of fused-ring (bicyclic) bond motifs is 1. The van der Waals surface area contributed by atoms with Crippen molar-refractivity contribution in [3.8, 4) is 0 Å². The number of carbonyl (C=O) groups is 1. The molecule has 2 rings (SSSR count). The van der Waals surface area contributed by atoms with Gasteiger partial charge in [-0.05, 0) is 32.5 Å². The number of thioether (sulfide) groups is 1. The summed E-state index contributed by atoms with van der Waals surface area (Å²) in [7, 11) is 0. The van der Waals surface area contributed by atoms with Crippen molar-refractivity contribution >= 4 is 23.4 Å². The lowest BCUT2D eigenvalue weighted by Crippen LogP contribution is -2.46. The summed E-state index contributed by atoms with van der Waals surface area (Å²) in [6, 6.07) is 8.05. The number of benzene rings is 1. The Morgan fingerprint density at radius 1 is 1.43 bits per heavy atom. The third-order valence-electron chi connectivity index (χ3n) is 3.45. The fourth-order valence-electron chi connectivity index (χ4n) is 2.53. The van der Waals surface area contributed by atoms with E-state index in [0.717, 1.165) is 24.5 Å². The second-order valence-electron chi connectivity index (χ2n) is 5.98. The van der Waals surface area contributed by atoms with E-state index in [1.807, 2.05) is 34.9 Å². The van der Waals surface area contributed by atoms with Crippen LogP contribution >= 0.6 is 11.8 Å². The van der Waals surface area contributed by atoms with Gasteiger partial charge in [0.2, 0.25) is 5.91 Å². The summed E-state index contributed by atoms with van der Waals surface area (Å²) < 4.78 is 0. The van der Waals surface area contributed by atoms with Gasteiger partial charge in [0, 0.05) is 23.7 Å². The number of rotatable bonds is 5. The van der Waals surface area contributed by atoms with E-state index in [2.05, 4.69) is 6.07 Å². The molecule has 0 atom stereocenters. The van der Waals surface area contributed by atoms with Crippen molar-refractivity contribution in [2.45, 2.75) is 31.3 Å². The quantitative estimate of drug-likeness (QED) is 0.906. The molecule has 1 aromatic carbocycles. The number of carbonyl (C=O) groups excluding carboxylic acids is 1. The number of nitrogens with zero attached hydrogens (tertiary/aromatic N) is 2. The van der Waals surface area contributed by atoms with Crippen LogP contribution < -0.4 is 4.90 Å². The van der Waals surface area contributed by atoms with Gasteiger partial charge in [-0.3, -0.25) is 9.69 Å². The van der Waals surface area contributed by atoms with Crippen molar-refractivity contribution in [1.29, 1.82) is 0 Å². The standard InChI is InChI=1S/C16H24N2O2S/c1-4-17(12-16(2,3)20)11-15(19)18-9-10-21-14-8-6-5-7-13(14)18/h5-8,20H,4,9-12H2,1-3H3. The van der Waals surface area contributed by atoms with Crippen LogP contribution in [0.1, 0.15) is 20.8 Å². The predicted octanol–water partition coefficient (Wildman–Crippen LogP) is 2.22. The first-order chi connectivity index (χ1) is 9.90. The van der Waals surface area contributed by atoms with E-state index >= 15 is 0 Å². The van der Waals surface area contributed by atoms with Gasteiger partial charge in [-0.15, -0.1) is 11.8 Å². The minimum atomic E-state index is -0.786. The fourth-order valence-corrected chi connectivity index (χ4v) is 3.53. The molecule has 1 aliphatic rings. The first-order valence-electron chi connectivity index (χ1n) is 7.37. The van der Waals surface area contributed by atoms with Crippen LogP contribution in [-0.4, -0.2) is 53.4 Å². The van der Waals surface area contributed by atoms with Crippen molar-refractivity contribution in [2.24, 2.45) is 0 Å². The molecule has 0 aromatic heterocycles. The number of amides is 1. The largest absolute Gasteiger partial charge is 0.389 e. The molecule has 0 saturated carbocycles. The average molecular weight is 308 g/mol. The van der Waals surface area contributed by atoms with E-state index in [4.69, 9.17) is 0 Å². The van der Waals surface area contributed by atoms with Crippen molar-refractivity contribution in [2.75, 3.05) is 36.8 Å². The summed E-state index contributed by atoms with van der Waals surface area (Å²) in [6.45, 7) is 7.90. The second kappa shape index (κ2) is 6.81. The normalized spacial score (nSPS) is 15.2. The second-order valence-corrected chi connectivity index (χ2v) is 7.11. The maximum absolute atomic E-state index is 12.6. The topological polar surface area (TPSA) is 43.8 Å². The van der Waals surface area contributed by atoms with Crippen LogP contribution in [-0.2, 0) is 4.79 Å². The molecule has 5 heteroatoms. The molecule has 0 aliphatic carbocycles. The van der Waals surface area contributed by atoms with Gasteiger partial charge in [-0.2, -0.15) is 0 Å². The van der Waals surface area contributed by atoms with Crippen molar-refractivity contribution in [3.63, 3.8) is 0 Å². The minimum absolute atomic E-state index is 0.105. The van der Waals surface area contributed by atoms with E-state index in [0.29, 0.717) is 13.1 Å². The summed E-state index contributed by atoms with van der Waals surface area (Å²) in [5.74, 6) is 1.04. The SMILES string of the molecule is CCN(CC(=O)N1CCSc2ccccc21)CC(C)(C)O. The molecule has 0 fully saturated rings. The number of aliphatic hydroxyl groups is 1. The zero-order chi connectivity index (χ0) is 15.5. The van der Waals surface area contributed by atoms with Gasteiger partial charge in [0.15, 0.2) is 0 Å². The van der Waals surface area contributed by atoms with Crippen LogP contribution in [0.25, 0.3) is 0 Å². The molecule has 21 heavy (non-hydrogen) atoms. The average Bonchev–Trinajstić information content (AvgIpc) is 2.44. The number of hydrogen-bond acceptors (Lipinski definition) is 4. The van der Waals surface area contributed by atoms with Gasteiger partial charge in [-0.25, -0.2) is 0 Å². The summed E-state index contributed by atoms with van der Waals surface area (Å²) in [5, 5.41) is 9.93. The van der Waals surface area contributed by atoms with Gasteiger partial charge >= 0.3 is 0 Å². The molecule has 4 nitrogen and oxygen atoms in total. The van der Waals surface area contributed by atoms with Crippen LogP contribution in [0.15, 0.2) is 29.2 Å². The van der Waals surface area contributed by atoms with Crippen LogP contribution in [0.5, 0.6) is 0 Å². The Bertz CT molecular complexity index is 499. The summed E-state index contributed by atoms with van der Waals surface area (Å²) in [6.07, 6.45) is 0. The number of likely N-dealkylation sites (N-methyl/N-ethyl adjacent to an activating group) is 1. The Hall–Kier alpha value is -1.04. The fraction of sp³-hybridized carbons (Fsp3) is 0.562.